The van der Waals surface area contributed by atoms with Crippen LogP contribution in [0.25, 0.3) is 22.0 Å². The van der Waals surface area contributed by atoms with Crippen molar-refractivity contribution in [3.05, 3.63) is 88.7 Å². The van der Waals surface area contributed by atoms with E-state index >= 15 is 0 Å². The zero-order valence-electron chi connectivity index (χ0n) is 24.2. The van der Waals surface area contributed by atoms with Gasteiger partial charge in [-0.2, -0.15) is 0 Å². The van der Waals surface area contributed by atoms with Gasteiger partial charge in [0, 0.05) is 43.4 Å². The zero-order valence-corrected chi connectivity index (χ0v) is 24.2. The molecule has 0 unspecified atom stereocenters. The molecule has 2 N–H and O–H groups in total. The van der Waals surface area contributed by atoms with E-state index in [-0.39, 0.29) is 24.0 Å². The van der Waals surface area contributed by atoms with Gasteiger partial charge in [-0.1, -0.05) is 12.1 Å². The van der Waals surface area contributed by atoms with E-state index in [1.54, 1.807) is 38.2 Å². The van der Waals surface area contributed by atoms with Crippen molar-refractivity contribution < 1.29 is 14.3 Å². The fraction of sp³-hybridized carbons (Fsp3) is 0.333. The second-order valence-electron chi connectivity index (χ2n) is 10.9. The number of carbonyl (C=O) groups excluding carboxylic acids is 2. The molecule has 0 aliphatic carbocycles. The topological polar surface area (TPSA) is 102 Å². The maximum atomic E-state index is 12.7. The number of esters is 1. The number of aryl methyl sites for hydroxylation is 1. The molecule has 1 fully saturated rings. The first-order valence-electron chi connectivity index (χ1n) is 14.1. The number of aromatic nitrogens is 2. The van der Waals surface area contributed by atoms with E-state index < -0.39 is 5.97 Å². The van der Waals surface area contributed by atoms with Crippen LogP contribution in [0.4, 0.5) is 5.82 Å². The number of anilines is 1. The van der Waals surface area contributed by atoms with E-state index in [0.29, 0.717) is 11.5 Å². The molecule has 8 nitrogen and oxygen atoms in total. The highest BCUT2D eigenvalue weighted by Gasteiger charge is 2.23. The van der Waals surface area contributed by atoms with Crippen molar-refractivity contribution >= 4 is 28.6 Å². The lowest BCUT2D eigenvalue weighted by molar-refractivity contribution is 0.0520. The zero-order chi connectivity index (χ0) is 29.1. The fourth-order valence-corrected chi connectivity index (χ4v) is 5.62. The van der Waals surface area contributed by atoms with Crippen LogP contribution in [0.1, 0.15) is 63.2 Å². The predicted octanol–water partition coefficient (Wildman–Crippen LogP) is 5.45. The molecule has 1 saturated heterocycles. The normalized spacial score (nSPS) is 14.2. The Morgan fingerprint density at radius 2 is 1.76 bits per heavy atom. The third kappa shape index (κ3) is 6.07. The summed E-state index contributed by atoms with van der Waals surface area (Å²) in [7, 11) is 3.55. The van der Waals surface area contributed by atoms with Crippen molar-refractivity contribution in [2.75, 3.05) is 39.5 Å². The lowest BCUT2D eigenvalue weighted by Crippen LogP contribution is -2.32. The Labute approximate surface area is 241 Å². The molecule has 5 rings (SSSR count). The molecule has 0 radical (unpaired) electrons. The molecule has 0 spiro atoms. The number of carbonyl (C=O) groups is 2. The van der Waals surface area contributed by atoms with Crippen LogP contribution in [0.5, 0.6) is 0 Å². The Balaban J connectivity index is 1.36. The van der Waals surface area contributed by atoms with E-state index in [2.05, 4.69) is 46.1 Å². The standard InChI is InChI=1S/C33H37N5O3/c1-5-41-33(40)31-27(10-11-30(34)36-31)26-12-15-35-29-18-21(2)25(19-28(26)29)20-38-16-13-23(14-17-38)22-6-8-24(9-7-22)32(39)37(3)4/h6-12,15,18-19,23H,5,13-14,16-17,20H2,1-4H3,(H2,34,36). The van der Waals surface area contributed by atoms with Crippen LogP contribution >= 0.6 is 0 Å². The van der Waals surface area contributed by atoms with Gasteiger partial charge in [-0.15, -0.1) is 0 Å². The summed E-state index contributed by atoms with van der Waals surface area (Å²) in [6.45, 7) is 6.98. The van der Waals surface area contributed by atoms with E-state index in [0.717, 1.165) is 54.5 Å². The summed E-state index contributed by atoms with van der Waals surface area (Å²) >= 11 is 0. The number of nitrogens with zero attached hydrogens (tertiary/aromatic N) is 4. The number of hydrogen-bond donors (Lipinski definition) is 1. The number of pyridine rings is 2. The number of rotatable bonds is 7. The summed E-state index contributed by atoms with van der Waals surface area (Å²) in [6, 6.07) is 17.9. The average molecular weight is 552 g/mol. The second-order valence-corrected chi connectivity index (χ2v) is 10.9. The molecule has 41 heavy (non-hydrogen) atoms. The van der Waals surface area contributed by atoms with Crippen molar-refractivity contribution in [2.24, 2.45) is 0 Å². The van der Waals surface area contributed by atoms with Gasteiger partial charge in [-0.3, -0.25) is 14.7 Å². The number of amides is 1. The average Bonchev–Trinajstić information content (AvgIpc) is 2.97. The van der Waals surface area contributed by atoms with Gasteiger partial charge >= 0.3 is 5.97 Å². The lowest BCUT2D eigenvalue weighted by Gasteiger charge is -2.32. The van der Waals surface area contributed by atoms with Gasteiger partial charge in [0.25, 0.3) is 5.91 Å². The van der Waals surface area contributed by atoms with Crippen LogP contribution in [-0.2, 0) is 11.3 Å². The minimum atomic E-state index is -0.492. The number of nitrogens with two attached hydrogens (primary N) is 1. The molecule has 0 saturated carbocycles. The van der Waals surface area contributed by atoms with E-state index in [1.165, 1.54) is 16.7 Å². The van der Waals surface area contributed by atoms with Gasteiger partial charge in [-0.25, -0.2) is 9.78 Å². The molecule has 3 heterocycles. The summed E-state index contributed by atoms with van der Waals surface area (Å²) < 4.78 is 5.27. The molecule has 1 amide bonds. The first-order valence-corrected chi connectivity index (χ1v) is 14.1. The number of fused-ring (bicyclic) bond motifs is 1. The van der Waals surface area contributed by atoms with Crippen LogP contribution in [0.2, 0.25) is 0 Å². The monoisotopic (exact) mass is 551 g/mol. The van der Waals surface area contributed by atoms with Gasteiger partial charge in [0.05, 0.1) is 12.1 Å². The molecule has 8 heteroatoms. The molecule has 2 aromatic heterocycles. The number of piperidine rings is 1. The van der Waals surface area contributed by atoms with Crippen molar-refractivity contribution in [1.82, 2.24) is 19.8 Å². The van der Waals surface area contributed by atoms with E-state index in [1.807, 2.05) is 24.3 Å². The molecule has 2 aromatic carbocycles. The maximum absolute atomic E-state index is 12.7. The summed E-state index contributed by atoms with van der Waals surface area (Å²) in [5.74, 6) is 0.296. The van der Waals surface area contributed by atoms with Crippen LogP contribution < -0.4 is 5.73 Å². The molecule has 0 atom stereocenters. The van der Waals surface area contributed by atoms with Gasteiger partial charge in [-0.05, 0) is 110 Å². The highest BCUT2D eigenvalue weighted by molar-refractivity contribution is 6.02. The molecular formula is C33H37N5O3. The third-order valence-corrected chi connectivity index (χ3v) is 7.89. The number of benzene rings is 2. The summed E-state index contributed by atoms with van der Waals surface area (Å²) in [5, 5.41) is 0.965. The first-order chi connectivity index (χ1) is 19.7. The third-order valence-electron chi connectivity index (χ3n) is 7.89. The molecule has 1 aliphatic rings. The minimum Gasteiger partial charge on any atom is -0.461 e. The SMILES string of the molecule is CCOC(=O)c1nc(N)ccc1-c1ccnc2cc(C)c(CN3CCC(c4ccc(C(=O)N(C)C)cc4)CC3)cc12. The Hall–Kier alpha value is -4.30. The molecule has 0 bridgehead atoms. The van der Waals surface area contributed by atoms with Crippen molar-refractivity contribution in [2.45, 2.75) is 39.2 Å². The van der Waals surface area contributed by atoms with Crippen LogP contribution in [0.15, 0.2) is 60.8 Å². The molecule has 212 valence electrons. The second kappa shape index (κ2) is 12.1. The van der Waals surface area contributed by atoms with Gasteiger partial charge in [0.2, 0.25) is 0 Å². The van der Waals surface area contributed by atoms with Crippen LogP contribution in [0.3, 0.4) is 0 Å². The molecule has 1 aliphatic heterocycles. The Morgan fingerprint density at radius 1 is 1.02 bits per heavy atom. The lowest BCUT2D eigenvalue weighted by atomic mass is 9.88. The van der Waals surface area contributed by atoms with Crippen molar-refractivity contribution in [3.8, 4) is 11.1 Å². The van der Waals surface area contributed by atoms with Crippen molar-refractivity contribution in [1.29, 1.82) is 0 Å². The Bertz CT molecular complexity index is 1570. The highest BCUT2D eigenvalue weighted by Crippen LogP contribution is 2.34. The number of likely N-dealkylation sites (tertiary alicyclic amines) is 1. The Morgan fingerprint density at radius 3 is 2.44 bits per heavy atom. The minimum absolute atomic E-state index is 0.0280. The molecular weight excluding hydrogens is 514 g/mol. The largest absolute Gasteiger partial charge is 0.461 e. The number of hydrogen-bond acceptors (Lipinski definition) is 7. The predicted molar refractivity (Wildman–Crippen MR) is 162 cm³/mol. The fourth-order valence-electron chi connectivity index (χ4n) is 5.62. The highest BCUT2D eigenvalue weighted by atomic mass is 16.5. The van der Waals surface area contributed by atoms with Gasteiger partial charge in [0.15, 0.2) is 5.69 Å². The van der Waals surface area contributed by atoms with E-state index in [4.69, 9.17) is 10.5 Å². The van der Waals surface area contributed by atoms with Crippen molar-refractivity contribution in [3.63, 3.8) is 0 Å². The smallest absolute Gasteiger partial charge is 0.357 e. The van der Waals surface area contributed by atoms with Gasteiger partial charge < -0.3 is 15.4 Å². The summed E-state index contributed by atoms with van der Waals surface area (Å²) in [5.41, 5.74) is 13.0. The summed E-state index contributed by atoms with van der Waals surface area (Å²) in [6.07, 6.45) is 3.90. The first kappa shape index (κ1) is 28.2. The van der Waals surface area contributed by atoms with Crippen LogP contribution in [-0.4, -0.2) is 65.4 Å². The van der Waals surface area contributed by atoms with Gasteiger partial charge in [0.1, 0.15) is 5.82 Å². The Kier molecular flexibility index (Phi) is 8.31. The quantitative estimate of drug-likeness (QED) is 0.305. The van der Waals surface area contributed by atoms with Crippen LogP contribution in [0, 0.1) is 6.92 Å². The van der Waals surface area contributed by atoms with E-state index in [9.17, 15) is 9.59 Å². The number of nitrogen functional groups attached to an aromatic ring is 1. The number of ether oxygens (including phenoxy) is 1. The summed E-state index contributed by atoms with van der Waals surface area (Å²) in [4.78, 5) is 38.0. The molecule has 4 aromatic rings. The maximum Gasteiger partial charge on any atom is 0.357 e.